The summed E-state index contributed by atoms with van der Waals surface area (Å²) >= 11 is 0. The second kappa shape index (κ2) is 6.41. The monoisotopic (exact) mass is 359 g/mol. The van der Waals surface area contributed by atoms with Crippen LogP contribution < -0.4 is 0 Å². The van der Waals surface area contributed by atoms with Crippen molar-refractivity contribution in [2.24, 2.45) is 5.92 Å². The van der Waals surface area contributed by atoms with E-state index in [1.807, 2.05) is 6.07 Å². The minimum absolute atomic E-state index is 0.209. The Morgan fingerprint density at radius 1 is 1.12 bits per heavy atom. The normalized spacial score (nSPS) is 25.8. The number of hydrogen-bond donors (Lipinski definition) is 0. The summed E-state index contributed by atoms with van der Waals surface area (Å²) in [6.45, 7) is 2.94. The van der Waals surface area contributed by atoms with Gasteiger partial charge in [-0.05, 0) is 61.9 Å². The van der Waals surface area contributed by atoms with Gasteiger partial charge in [0.2, 0.25) is 0 Å². The number of halogens is 3. The summed E-state index contributed by atoms with van der Waals surface area (Å²) in [6, 6.07) is 13.7. The summed E-state index contributed by atoms with van der Waals surface area (Å²) in [5.74, 6) is 0.636. The first-order valence-electron chi connectivity index (χ1n) is 9.29. The number of aryl methyl sites for hydroxylation is 1. The molecule has 0 N–H and O–H groups in total. The van der Waals surface area contributed by atoms with Gasteiger partial charge in [0.25, 0.3) is 0 Å². The summed E-state index contributed by atoms with van der Waals surface area (Å²) in [5.41, 5.74) is 3.60. The molecule has 1 nitrogen and oxygen atoms in total. The molecule has 3 atom stereocenters. The van der Waals surface area contributed by atoms with Crippen LogP contribution in [0.25, 0.3) is 0 Å². The van der Waals surface area contributed by atoms with Gasteiger partial charge in [0, 0.05) is 18.5 Å². The van der Waals surface area contributed by atoms with Crippen molar-refractivity contribution in [3.8, 4) is 0 Å². The molecule has 0 spiro atoms. The number of nitrogens with zero attached hydrogens (tertiary/aromatic N) is 1. The van der Waals surface area contributed by atoms with Crippen LogP contribution in [-0.2, 0) is 19.0 Å². The maximum absolute atomic E-state index is 13.4. The molecule has 2 aliphatic rings. The fraction of sp³-hybridized carbons (Fsp3) is 0.455. The Labute approximate surface area is 152 Å². The van der Waals surface area contributed by atoms with Crippen molar-refractivity contribution in [2.75, 3.05) is 13.6 Å². The molecule has 26 heavy (non-hydrogen) atoms. The highest BCUT2D eigenvalue weighted by molar-refractivity contribution is 5.43. The molecule has 4 heteroatoms. The fourth-order valence-electron chi connectivity index (χ4n) is 5.09. The van der Waals surface area contributed by atoms with E-state index in [-0.39, 0.29) is 5.92 Å². The van der Waals surface area contributed by atoms with Crippen LogP contribution in [0.5, 0.6) is 0 Å². The average molecular weight is 359 g/mol. The van der Waals surface area contributed by atoms with Crippen LogP contribution in [0.1, 0.15) is 40.2 Å². The fourth-order valence-corrected chi connectivity index (χ4v) is 5.09. The van der Waals surface area contributed by atoms with E-state index in [0.29, 0.717) is 23.9 Å². The Bertz CT molecular complexity index is 811. The molecule has 0 bridgehead atoms. The molecule has 2 aromatic carbocycles. The maximum atomic E-state index is 13.4. The van der Waals surface area contributed by atoms with Gasteiger partial charge in [-0.15, -0.1) is 0 Å². The van der Waals surface area contributed by atoms with Crippen LogP contribution in [0, 0.1) is 12.8 Å². The lowest BCUT2D eigenvalue weighted by molar-refractivity contribution is -0.138. The number of likely N-dealkylation sites (N-methyl/N-ethyl adjacent to an activating group) is 1. The van der Waals surface area contributed by atoms with Crippen molar-refractivity contribution in [1.29, 1.82) is 0 Å². The van der Waals surface area contributed by atoms with Crippen LogP contribution in [0.4, 0.5) is 13.2 Å². The molecule has 2 aromatic rings. The van der Waals surface area contributed by atoms with Crippen molar-refractivity contribution >= 4 is 0 Å². The predicted octanol–water partition coefficient (Wildman–Crippen LogP) is 5.22. The Morgan fingerprint density at radius 2 is 1.88 bits per heavy atom. The average Bonchev–Trinajstić information content (AvgIpc) is 2.90. The molecular weight excluding hydrogens is 335 g/mol. The summed E-state index contributed by atoms with van der Waals surface area (Å²) in [5, 5.41) is 0. The molecule has 0 radical (unpaired) electrons. The molecule has 4 rings (SSSR count). The molecule has 1 aliphatic carbocycles. The first-order valence-corrected chi connectivity index (χ1v) is 9.29. The molecule has 138 valence electrons. The number of alkyl halides is 3. The Kier molecular flexibility index (Phi) is 4.34. The van der Waals surface area contributed by atoms with Crippen LogP contribution in [-0.4, -0.2) is 24.5 Å². The number of fused-ring (bicyclic) bond motifs is 3. The van der Waals surface area contributed by atoms with E-state index < -0.39 is 11.7 Å². The van der Waals surface area contributed by atoms with Gasteiger partial charge in [-0.25, -0.2) is 0 Å². The van der Waals surface area contributed by atoms with Crippen molar-refractivity contribution in [3.05, 3.63) is 70.3 Å². The highest BCUT2D eigenvalue weighted by atomic mass is 19.4. The van der Waals surface area contributed by atoms with Crippen LogP contribution >= 0.6 is 0 Å². The van der Waals surface area contributed by atoms with Crippen LogP contribution in [0.15, 0.2) is 42.5 Å². The SMILES string of the molecule is Cc1cccc(C[C@@H]2C3CCc4c(cccc4C(F)(F)F)[C@H]3CN2C)c1. The van der Waals surface area contributed by atoms with Gasteiger partial charge >= 0.3 is 6.18 Å². The lowest BCUT2D eigenvalue weighted by Gasteiger charge is -2.33. The highest BCUT2D eigenvalue weighted by Crippen LogP contribution is 2.48. The van der Waals surface area contributed by atoms with E-state index in [4.69, 9.17) is 0 Å². The zero-order chi connectivity index (χ0) is 18.5. The van der Waals surface area contributed by atoms with E-state index in [9.17, 15) is 13.2 Å². The van der Waals surface area contributed by atoms with Crippen molar-refractivity contribution < 1.29 is 13.2 Å². The van der Waals surface area contributed by atoms with E-state index in [1.165, 1.54) is 17.2 Å². The largest absolute Gasteiger partial charge is 0.416 e. The summed E-state index contributed by atoms with van der Waals surface area (Å²) in [6.07, 6.45) is -1.92. The first-order chi connectivity index (χ1) is 12.3. The number of benzene rings is 2. The van der Waals surface area contributed by atoms with E-state index in [0.717, 1.165) is 24.9 Å². The summed E-state index contributed by atoms with van der Waals surface area (Å²) in [4.78, 5) is 2.35. The molecule has 1 aliphatic heterocycles. The Balaban J connectivity index is 1.64. The third kappa shape index (κ3) is 3.05. The topological polar surface area (TPSA) is 3.24 Å². The molecular formula is C22H24F3N. The van der Waals surface area contributed by atoms with Gasteiger partial charge < -0.3 is 4.90 Å². The lowest BCUT2D eigenvalue weighted by atomic mass is 9.72. The second-order valence-electron chi connectivity index (χ2n) is 7.88. The van der Waals surface area contributed by atoms with Crippen molar-refractivity contribution in [3.63, 3.8) is 0 Å². The van der Waals surface area contributed by atoms with Gasteiger partial charge in [0.05, 0.1) is 5.56 Å². The molecule has 0 aromatic heterocycles. The van der Waals surface area contributed by atoms with Gasteiger partial charge in [0.15, 0.2) is 0 Å². The minimum Gasteiger partial charge on any atom is -0.302 e. The zero-order valence-corrected chi connectivity index (χ0v) is 15.2. The molecule has 1 fully saturated rings. The summed E-state index contributed by atoms with van der Waals surface area (Å²) < 4.78 is 40.2. The lowest BCUT2D eigenvalue weighted by Crippen LogP contribution is -2.33. The van der Waals surface area contributed by atoms with Crippen molar-refractivity contribution in [2.45, 2.75) is 44.3 Å². The quantitative estimate of drug-likeness (QED) is 0.711. The molecule has 1 unspecified atom stereocenters. The van der Waals surface area contributed by atoms with Gasteiger partial charge in [0.1, 0.15) is 0 Å². The third-order valence-electron chi connectivity index (χ3n) is 6.23. The van der Waals surface area contributed by atoms with Gasteiger partial charge in [-0.1, -0.05) is 42.0 Å². The number of hydrogen-bond acceptors (Lipinski definition) is 1. The molecule has 0 saturated carbocycles. The van der Waals surface area contributed by atoms with E-state index >= 15 is 0 Å². The van der Waals surface area contributed by atoms with E-state index in [1.54, 1.807) is 6.07 Å². The molecule has 0 amide bonds. The second-order valence-corrected chi connectivity index (χ2v) is 7.88. The number of likely N-dealkylation sites (tertiary alicyclic amines) is 1. The molecule has 1 heterocycles. The smallest absolute Gasteiger partial charge is 0.302 e. The van der Waals surface area contributed by atoms with Crippen molar-refractivity contribution in [1.82, 2.24) is 4.90 Å². The number of rotatable bonds is 2. The first kappa shape index (κ1) is 17.6. The summed E-state index contributed by atoms with van der Waals surface area (Å²) in [7, 11) is 2.12. The minimum atomic E-state index is -4.26. The standard InChI is InChI=1S/C22H24F3N/c1-14-5-3-6-15(11-14)12-21-18-10-9-17-16(19(18)13-26(21)2)7-4-8-20(17)22(23,24)25/h3-8,11,18-19,21H,9-10,12-13H2,1-2H3/t18?,19-,21-/m1/s1. The van der Waals surface area contributed by atoms with Gasteiger partial charge in [-0.3, -0.25) is 0 Å². The van der Waals surface area contributed by atoms with Gasteiger partial charge in [-0.2, -0.15) is 13.2 Å². The Hall–Kier alpha value is -1.81. The maximum Gasteiger partial charge on any atom is 0.416 e. The van der Waals surface area contributed by atoms with Crippen LogP contribution in [0.2, 0.25) is 0 Å². The molecule has 1 saturated heterocycles. The third-order valence-corrected chi connectivity index (χ3v) is 6.23. The predicted molar refractivity (Wildman–Crippen MR) is 97.3 cm³/mol. The van der Waals surface area contributed by atoms with E-state index in [2.05, 4.69) is 43.1 Å². The van der Waals surface area contributed by atoms with Crippen LogP contribution in [0.3, 0.4) is 0 Å². The highest BCUT2D eigenvalue weighted by Gasteiger charge is 2.45. The zero-order valence-electron chi connectivity index (χ0n) is 15.2. The Morgan fingerprint density at radius 3 is 2.62 bits per heavy atom.